The number of rotatable bonds is 2. The molecule has 6 nitrogen and oxygen atoms in total. The van der Waals surface area contributed by atoms with Crippen LogP contribution in [0.1, 0.15) is 20.7 Å². The van der Waals surface area contributed by atoms with Gasteiger partial charge in [-0.2, -0.15) is 5.10 Å². The van der Waals surface area contributed by atoms with E-state index in [-0.39, 0.29) is 11.1 Å². The number of anilines is 1. The number of halogens is 2. The molecular weight excluding hydrogens is 399 g/mol. The highest BCUT2D eigenvalue weighted by molar-refractivity contribution is 6.41. The Hall–Kier alpha value is -3.22. The van der Waals surface area contributed by atoms with Crippen LogP contribution >= 0.6 is 23.2 Å². The Morgan fingerprint density at radius 2 is 1.68 bits per heavy atom. The predicted molar refractivity (Wildman–Crippen MR) is 107 cm³/mol. The van der Waals surface area contributed by atoms with Crippen LogP contribution in [0.15, 0.2) is 54.7 Å². The number of aromatic amines is 1. The number of para-hydroxylation sites is 1. The Morgan fingerprint density at radius 3 is 2.43 bits per heavy atom. The lowest BCUT2D eigenvalue weighted by Gasteiger charge is -2.15. The van der Waals surface area contributed by atoms with Crippen LogP contribution in [0.3, 0.4) is 0 Å². The van der Waals surface area contributed by atoms with Crippen molar-refractivity contribution in [2.75, 3.05) is 4.90 Å². The number of hydrogen-bond donors (Lipinski definition) is 1. The summed E-state index contributed by atoms with van der Waals surface area (Å²) in [5.74, 6) is -0.928. The minimum Gasteiger partial charge on any atom is -0.275 e. The Labute approximate surface area is 168 Å². The van der Waals surface area contributed by atoms with E-state index in [4.69, 9.17) is 23.2 Å². The van der Waals surface area contributed by atoms with Gasteiger partial charge in [-0.3, -0.25) is 14.7 Å². The third kappa shape index (κ3) is 2.35. The molecule has 5 rings (SSSR count). The zero-order valence-electron chi connectivity index (χ0n) is 14.1. The molecule has 0 saturated carbocycles. The standard InChI is InChI=1S/C20H10Cl2N4O2/c21-11-7-5-10(6-8-11)17-16-15-12(9-23-18(16)25-24-17)19(27)26(20(15)28)14-4-2-1-3-13(14)22/h1-9H,(H,23,24,25). The van der Waals surface area contributed by atoms with Crippen molar-refractivity contribution in [2.45, 2.75) is 0 Å². The highest BCUT2D eigenvalue weighted by Gasteiger charge is 2.40. The number of H-pyrrole nitrogens is 1. The van der Waals surface area contributed by atoms with Gasteiger partial charge in [0.25, 0.3) is 11.8 Å². The van der Waals surface area contributed by atoms with Crippen LogP contribution in [0, 0.1) is 0 Å². The smallest absolute Gasteiger partial charge is 0.267 e. The summed E-state index contributed by atoms with van der Waals surface area (Å²) in [5.41, 5.74) is 2.53. The highest BCUT2D eigenvalue weighted by Crippen LogP contribution is 2.38. The summed E-state index contributed by atoms with van der Waals surface area (Å²) in [7, 11) is 0. The first kappa shape index (κ1) is 16.9. The quantitative estimate of drug-likeness (QED) is 0.486. The summed E-state index contributed by atoms with van der Waals surface area (Å²) in [6, 6.07) is 13.8. The molecule has 1 aliphatic heterocycles. The maximum Gasteiger partial charge on any atom is 0.267 e. The van der Waals surface area contributed by atoms with Crippen molar-refractivity contribution >= 4 is 51.7 Å². The van der Waals surface area contributed by atoms with E-state index in [0.29, 0.717) is 32.5 Å². The molecular formula is C20H10Cl2N4O2. The van der Waals surface area contributed by atoms with Crippen molar-refractivity contribution in [3.8, 4) is 11.3 Å². The van der Waals surface area contributed by atoms with Gasteiger partial charge in [0.15, 0.2) is 5.65 Å². The largest absolute Gasteiger partial charge is 0.275 e. The van der Waals surface area contributed by atoms with Crippen LogP contribution in [0.5, 0.6) is 0 Å². The average molecular weight is 409 g/mol. The van der Waals surface area contributed by atoms with Gasteiger partial charge in [-0.1, -0.05) is 47.5 Å². The van der Waals surface area contributed by atoms with E-state index in [2.05, 4.69) is 15.2 Å². The lowest BCUT2D eigenvalue weighted by Crippen LogP contribution is -2.29. The minimum atomic E-state index is -0.467. The number of carbonyl (C=O) groups is 2. The van der Waals surface area contributed by atoms with E-state index in [1.54, 1.807) is 36.4 Å². The summed E-state index contributed by atoms with van der Waals surface area (Å²) in [5, 5.41) is 8.50. The fourth-order valence-corrected chi connectivity index (χ4v) is 3.72. The highest BCUT2D eigenvalue weighted by atomic mass is 35.5. The van der Waals surface area contributed by atoms with Crippen LogP contribution in [-0.2, 0) is 0 Å². The van der Waals surface area contributed by atoms with Crippen molar-refractivity contribution in [2.24, 2.45) is 0 Å². The fourth-order valence-electron chi connectivity index (χ4n) is 3.37. The molecule has 3 heterocycles. The second-order valence-corrected chi connectivity index (χ2v) is 7.09. The van der Waals surface area contributed by atoms with E-state index in [1.165, 1.54) is 6.20 Å². The lowest BCUT2D eigenvalue weighted by atomic mass is 10.0. The van der Waals surface area contributed by atoms with Crippen LogP contribution < -0.4 is 4.90 Å². The molecule has 1 aliphatic rings. The van der Waals surface area contributed by atoms with Crippen molar-refractivity contribution in [3.05, 3.63) is 75.9 Å². The third-order valence-electron chi connectivity index (χ3n) is 4.66. The number of benzene rings is 2. The van der Waals surface area contributed by atoms with E-state index in [9.17, 15) is 9.59 Å². The van der Waals surface area contributed by atoms with Gasteiger partial charge >= 0.3 is 0 Å². The lowest BCUT2D eigenvalue weighted by molar-refractivity contribution is 0.0926. The number of hydrogen-bond acceptors (Lipinski definition) is 4. The molecule has 2 amide bonds. The van der Waals surface area contributed by atoms with E-state index < -0.39 is 11.8 Å². The molecule has 0 aliphatic carbocycles. The van der Waals surface area contributed by atoms with E-state index in [1.807, 2.05) is 12.1 Å². The van der Waals surface area contributed by atoms with E-state index in [0.717, 1.165) is 10.5 Å². The molecule has 4 aromatic rings. The maximum atomic E-state index is 13.3. The SMILES string of the molecule is O=C1c2cnc3n[nH]c(-c4ccc(Cl)cc4)c3c2C(=O)N1c1ccccc1Cl. The molecule has 0 fully saturated rings. The topological polar surface area (TPSA) is 79.0 Å². The third-order valence-corrected chi connectivity index (χ3v) is 5.23. The molecule has 1 N–H and O–H groups in total. The number of pyridine rings is 1. The van der Waals surface area contributed by atoms with Gasteiger partial charge in [0, 0.05) is 16.8 Å². The van der Waals surface area contributed by atoms with Crippen molar-refractivity contribution in [3.63, 3.8) is 0 Å². The van der Waals surface area contributed by atoms with Crippen LogP contribution in [0.2, 0.25) is 10.0 Å². The number of nitrogens with zero attached hydrogens (tertiary/aromatic N) is 3. The predicted octanol–water partition coefficient (Wildman–Crippen LogP) is 4.73. The number of amides is 2. The molecule has 2 aromatic carbocycles. The molecule has 8 heteroatoms. The Balaban J connectivity index is 1.75. The molecule has 0 unspecified atom stereocenters. The van der Waals surface area contributed by atoms with Gasteiger partial charge < -0.3 is 0 Å². The molecule has 0 bridgehead atoms. The summed E-state index contributed by atoms with van der Waals surface area (Å²) in [6.45, 7) is 0. The van der Waals surface area contributed by atoms with Crippen LogP contribution in [-0.4, -0.2) is 27.0 Å². The second kappa shape index (κ2) is 6.15. The van der Waals surface area contributed by atoms with Gasteiger partial charge in [0.2, 0.25) is 0 Å². The van der Waals surface area contributed by atoms with Gasteiger partial charge in [-0.05, 0) is 24.3 Å². The average Bonchev–Trinajstić information content (AvgIpc) is 3.23. The summed E-state index contributed by atoms with van der Waals surface area (Å²) in [4.78, 5) is 31.6. The van der Waals surface area contributed by atoms with Crippen molar-refractivity contribution < 1.29 is 9.59 Å². The number of aromatic nitrogens is 3. The number of imide groups is 1. The van der Waals surface area contributed by atoms with Crippen LogP contribution in [0.25, 0.3) is 22.3 Å². The second-order valence-electron chi connectivity index (χ2n) is 6.25. The number of nitrogens with one attached hydrogen (secondary N) is 1. The number of fused-ring (bicyclic) bond motifs is 3. The summed E-state index contributed by atoms with van der Waals surface area (Å²) < 4.78 is 0. The first-order chi connectivity index (χ1) is 13.6. The van der Waals surface area contributed by atoms with Crippen molar-refractivity contribution in [1.29, 1.82) is 0 Å². The molecule has 0 spiro atoms. The molecule has 0 atom stereocenters. The summed E-state index contributed by atoms with van der Waals surface area (Å²) >= 11 is 12.2. The van der Waals surface area contributed by atoms with Gasteiger partial charge in [0.05, 0.1) is 32.9 Å². The Morgan fingerprint density at radius 1 is 0.929 bits per heavy atom. The first-order valence-electron chi connectivity index (χ1n) is 8.32. The first-order valence-corrected chi connectivity index (χ1v) is 9.08. The molecule has 136 valence electrons. The summed E-state index contributed by atoms with van der Waals surface area (Å²) in [6.07, 6.45) is 1.38. The fraction of sp³-hybridized carbons (Fsp3) is 0. The number of carbonyl (C=O) groups excluding carboxylic acids is 2. The van der Waals surface area contributed by atoms with Crippen LogP contribution in [0.4, 0.5) is 5.69 Å². The maximum absolute atomic E-state index is 13.3. The zero-order chi connectivity index (χ0) is 19.4. The zero-order valence-corrected chi connectivity index (χ0v) is 15.6. The molecule has 0 radical (unpaired) electrons. The molecule has 2 aromatic heterocycles. The van der Waals surface area contributed by atoms with Gasteiger partial charge in [-0.25, -0.2) is 9.88 Å². The van der Waals surface area contributed by atoms with Gasteiger partial charge in [-0.15, -0.1) is 0 Å². The molecule has 0 saturated heterocycles. The normalized spacial score (nSPS) is 13.4. The van der Waals surface area contributed by atoms with Gasteiger partial charge in [0.1, 0.15) is 0 Å². The van der Waals surface area contributed by atoms with E-state index >= 15 is 0 Å². The molecule has 28 heavy (non-hydrogen) atoms. The monoisotopic (exact) mass is 408 g/mol. The minimum absolute atomic E-state index is 0.217. The Kier molecular flexibility index (Phi) is 3.72. The Bertz CT molecular complexity index is 1280. The van der Waals surface area contributed by atoms with Crippen molar-refractivity contribution in [1.82, 2.24) is 15.2 Å².